The maximum atomic E-state index is 14.7. The molecule has 0 radical (unpaired) electrons. The maximum Gasteiger partial charge on any atom is 0.244 e. The molecule has 0 fully saturated rings. The van der Waals surface area contributed by atoms with Crippen molar-refractivity contribution in [3.63, 3.8) is 0 Å². The minimum atomic E-state index is -4.03. The number of hydrogen-bond acceptors (Lipinski definition) is 4. The van der Waals surface area contributed by atoms with Crippen LogP contribution < -0.4 is 9.62 Å². The van der Waals surface area contributed by atoms with E-state index in [1.807, 2.05) is 75.4 Å². The molecule has 1 unspecified atom stereocenters. The monoisotopic (exact) mass is 553 g/mol. The van der Waals surface area contributed by atoms with Crippen LogP contribution in [0.25, 0.3) is 0 Å². The second kappa shape index (κ2) is 13.4. The van der Waals surface area contributed by atoms with Crippen molar-refractivity contribution in [2.24, 2.45) is 5.92 Å². The lowest BCUT2D eigenvalue weighted by atomic mass is 10.0. The quantitative estimate of drug-likeness (QED) is 0.362. The van der Waals surface area contributed by atoms with Gasteiger partial charge in [-0.1, -0.05) is 86.1 Å². The second-order valence-electron chi connectivity index (χ2n) is 10.1. The third kappa shape index (κ3) is 8.64. The molecule has 0 aliphatic carbocycles. The lowest BCUT2D eigenvalue weighted by molar-refractivity contribution is -0.140. The van der Waals surface area contributed by atoms with Gasteiger partial charge in [-0.15, -0.1) is 0 Å². The van der Waals surface area contributed by atoms with E-state index < -0.39 is 34.3 Å². The van der Waals surface area contributed by atoms with Crippen molar-refractivity contribution < 1.29 is 22.4 Å². The number of nitrogens with one attached hydrogen (secondary N) is 1. The van der Waals surface area contributed by atoms with Gasteiger partial charge in [-0.25, -0.2) is 12.8 Å². The fraction of sp³-hybridized carbons (Fsp3) is 0.333. The third-order valence-corrected chi connectivity index (χ3v) is 7.36. The summed E-state index contributed by atoms with van der Waals surface area (Å²) in [6.07, 6.45) is 1.15. The normalized spacial score (nSPS) is 12.2. The van der Waals surface area contributed by atoms with E-state index in [9.17, 15) is 22.4 Å². The van der Waals surface area contributed by atoms with Crippen molar-refractivity contribution in [3.8, 4) is 0 Å². The minimum Gasteiger partial charge on any atom is -0.354 e. The molecule has 0 aliphatic rings. The van der Waals surface area contributed by atoms with Crippen LogP contribution >= 0.6 is 0 Å². The number of amides is 2. The summed E-state index contributed by atoms with van der Waals surface area (Å²) >= 11 is 0. The average Bonchev–Trinajstić information content (AvgIpc) is 2.89. The van der Waals surface area contributed by atoms with E-state index in [-0.39, 0.29) is 30.5 Å². The molecule has 0 aromatic heterocycles. The summed E-state index contributed by atoms with van der Waals surface area (Å²) in [6, 6.07) is 21.3. The Morgan fingerprint density at radius 3 is 2.10 bits per heavy atom. The first kappa shape index (κ1) is 29.8. The highest BCUT2D eigenvalue weighted by molar-refractivity contribution is 7.92. The van der Waals surface area contributed by atoms with E-state index in [1.165, 1.54) is 23.1 Å². The number of carbonyl (C=O) groups excluding carboxylic acids is 2. The fourth-order valence-electron chi connectivity index (χ4n) is 4.12. The zero-order valence-electron chi connectivity index (χ0n) is 22.8. The Labute approximate surface area is 230 Å². The summed E-state index contributed by atoms with van der Waals surface area (Å²) < 4.78 is 40.8. The molecule has 3 aromatic rings. The number of anilines is 1. The van der Waals surface area contributed by atoms with Gasteiger partial charge in [0.2, 0.25) is 21.8 Å². The number of hydrogen-bond donors (Lipinski definition) is 1. The molecule has 7 nitrogen and oxygen atoms in total. The van der Waals surface area contributed by atoms with E-state index >= 15 is 0 Å². The van der Waals surface area contributed by atoms with Crippen LogP contribution in [0.4, 0.5) is 10.1 Å². The Kier molecular flexibility index (Phi) is 10.2. The molecule has 0 spiro atoms. The number of sulfonamides is 1. The number of rotatable bonds is 12. The number of halogens is 1. The van der Waals surface area contributed by atoms with Gasteiger partial charge >= 0.3 is 0 Å². The van der Waals surface area contributed by atoms with E-state index in [1.54, 1.807) is 0 Å². The van der Waals surface area contributed by atoms with Gasteiger partial charge < -0.3 is 10.2 Å². The highest BCUT2D eigenvalue weighted by atomic mass is 32.2. The number of nitrogens with zero attached hydrogens (tertiary/aromatic N) is 2. The summed E-state index contributed by atoms with van der Waals surface area (Å²) in [6.45, 7) is 5.72. The van der Waals surface area contributed by atoms with Crippen LogP contribution in [0.2, 0.25) is 0 Å². The van der Waals surface area contributed by atoms with Gasteiger partial charge in [0.05, 0.1) is 11.9 Å². The van der Waals surface area contributed by atoms with Gasteiger partial charge in [-0.05, 0) is 36.1 Å². The predicted octanol–water partition coefficient (Wildman–Crippen LogP) is 4.31. The minimum absolute atomic E-state index is 0.0700. The second-order valence-corrected chi connectivity index (χ2v) is 12.0. The van der Waals surface area contributed by atoms with E-state index in [4.69, 9.17) is 0 Å². The molecule has 0 bridgehead atoms. The first-order valence-corrected chi connectivity index (χ1v) is 14.7. The predicted molar refractivity (Wildman–Crippen MR) is 152 cm³/mol. The van der Waals surface area contributed by atoms with Crippen LogP contribution in [0, 0.1) is 18.7 Å². The number of benzene rings is 3. The molecule has 3 rings (SSSR count). The Morgan fingerprint density at radius 1 is 0.897 bits per heavy atom. The van der Waals surface area contributed by atoms with Crippen molar-refractivity contribution in [3.05, 3.63) is 101 Å². The van der Waals surface area contributed by atoms with E-state index in [2.05, 4.69) is 5.32 Å². The van der Waals surface area contributed by atoms with Crippen LogP contribution in [0.3, 0.4) is 0 Å². The van der Waals surface area contributed by atoms with Gasteiger partial charge in [0.25, 0.3) is 0 Å². The number of aryl methyl sites for hydroxylation is 1. The molecule has 0 saturated carbocycles. The highest BCUT2D eigenvalue weighted by Crippen LogP contribution is 2.23. The summed E-state index contributed by atoms with van der Waals surface area (Å²) in [4.78, 5) is 28.9. The van der Waals surface area contributed by atoms with Crippen LogP contribution in [0.15, 0.2) is 78.9 Å². The van der Waals surface area contributed by atoms with Crippen molar-refractivity contribution in [1.29, 1.82) is 0 Å². The Balaban J connectivity index is 2.05. The molecule has 2 amide bonds. The van der Waals surface area contributed by atoms with Crippen LogP contribution in [-0.4, -0.2) is 50.5 Å². The summed E-state index contributed by atoms with van der Waals surface area (Å²) in [5.74, 6) is -1.54. The molecule has 9 heteroatoms. The molecule has 0 heterocycles. The molecule has 0 saturated heterocycles. The van der Waals surface area contributed by atoms with Crippen molar-refractivity contribution >= 4 is 27.5 Å². The third-order valence-electron chi connectivity index (χ3n) is 6.23. The lowest BCUT2D eigenvalue weighted by Crippen LogP contribution is -2.53. The molecular weight excluding hydrogens is 517 g/mol. The molecule has 0 aliphatic heterocycles. The Morgan fingerprint density at radius 2 is 1.51 bits per heavy atom. The van der Waals surface area contributed by atoms with Gasteiger partial charge in [0.1, 0.15) is 18.4 Å². The fourth-order valence-corrected chi connectivity index (χ4v) is 4.97. The topological polar surface area (TPSA) is 86.8 Å². The first-order chi connectivity index (χ1) is 18.5. The van der Waals surface area contributed by atoms with Crippen LogP contribution in [-0.2, 0) is 32.6 Å². The summed E-state index contributed by atoms with van der Waals surface area (Å²) in [5, 5.41) is 2.93. The Bertz CT molecular complexity index is 1360. The number of para-hydroxylation sites is 1. The first-order valence-electron chi connectivity index (χ1n) is 12.8. The van der Waals surface area contributed by atoms with Gasteiger partial charge in [0, 0.05) is 19.5 Å². The van der Waals surface area contributed by atoms with Gasteiger partial charge in [-0.3, -0.25) is 13.9 Å². The smallest absolute Gasteiger partial charge is 0.244 e. The standard InChI is InChI=1S/C30H36FN3O4S/c1-22(2)19-32-30(36)28(18-24-10-6-5-7-11-24)33(20-25-16-14-23(3)15-17-25)29(35)21-34(39(4,37)38)27-13-9-8-12-26(27)31/h5-17,22,28H,18-21H2,1-4H3,(H,32,36). The molecule has 208 valence electrons. The Hall–Kier alpha value is -3.72. The van der Waals surface area contributed by atoms with E-state index in [0.29, 0.717) is 6.54 Å². The van der Waals surface area contributed by atoms with Gasteiger partial charge in [-0.2, -0.15) is 0 Å². The summed E-state index contributed by atoms with van der Waals surface area (Å²) in [7, 11) is -4.03. The largest absolute Gasteiger partial charge is 0.354 e. The van der Waals surface area contributed by atoms with Crippen molar-refractivity contribution in [2.75, 3.05) is 23.7 Å². The maximum absolute atomic E-state index is 14.7. The highest BCUT2D eigenvalue weighted by Gasteiger charge is 2.33. The lowest BCUT2D eigenvalue weighted by Gasteiger charge is -2.33. The van der Waals surface area contributed by atoms with Crippen molar-refractivity contribution in [1.82, 2.24) is 10.2 Å². The zero-order chi connectivity index (χ0) is 28.6. The van der Waals surface area contributed by atoms with E-state index in [0.717, 1.165) is 33.3 Å². The van der Waals surface area contributed by atoms with Crippen molar-refractivity contribution in [2.45, 2.75) is 39.8 Å². The molecule has 1 atom stereocenters. The molecule has 3 aromatic carbocycles. The van der Waals surface area contributed by atoms with Crippen LogP contribution in [0.1, 0.15) is 30.5 Å². The molecule has 1 N–H and O–H groups in total. The zero-order valence-corrected chi connectivity index (χ0v) is 23.6. The summed E-state index contributed by atoms with van der Waals surface area (Å²) in [5.41, 5.74) is 2.43. The number of carbonyl (C=O) groups is 2. The molecular formula is C30H36FN3O4S. The average molecular weight is 554 g/mol. The van der Waals surface area contributed by atoms with Gasteiger partial charge in [0.15, 0.2) is 0 Å². The molecule has 39 heavy (non-hydrogen) atoms. The van der Waals surface area contributed by atoms with Crippen LogP contribution in [0.5, 0.6) is 0 Å². The SMILES string of the molecule is Cc1ccc(CN(C(=O)CN(c2ccccc2F)S(C)(=O)=O)C(Cc2ccccc2)C(=O)NCC(C)C)cc1.